The molecule has 1 aromatic carbocycles. The Balaban J connectivity index is 2.99. The largest absolute Gasteiger partial charge is 0.508 e. The van der Waals surface area contributed by atoms with Crippen LogP contribution in [0.2, 0.25) is 0 Å². The molecule has 7 N–H and O–H groups in total. The maximum Gasteiger partial charge on any atom is 0.326 e. The number of aliphatic carboxylic acids is 1. The van der Waals surface area contributed by atoms with Crippen molar-refractivity contribution >= 4 is 47.2 Å². The number of phenols is 1. The summed E-state index contributed by atoms with van der Waals surface area (Å²) in [5.41, 5.74) is 6.59. The molecule has 0 aliphatic heterocycles. The highest BCUT2D eigenvalue weighted by atomic mass is 32.2. The number of carboxylic acids is 1. The highest BCUT2D eigenvalue weighted by Gasteiger charge is 2.32. The van der Waals surface area contributed by atoms with Crippen molar-refractivity contribution in [3.8, 4) is 5.75 Å². The van der Waals surface area contributed by atoms with E-state index in [1.54, 1.807) is 23.9 Å². The number of phenolic OH excluding ortho intramolecular Hbond substituents is 1. The minimum absolute atomic E-state index is 0.00400. The molecular weight excluding hydrogens is 516 g/mol. The molecule has 1 rings (SSSR count). The summed E-state index contributed by atoms with van der Waals surface area (Å²) in [6, 6.07) is 2.16. The minimum atomic E-state index is -1.23. The lowest BCUT2D eigenvalue weighted by Crippen LogP contribution is -2.58. The van der Waals surface area contributed by atoms with E-state index >= 15 is 0 Å². The molecule has 5 atom stereocenters. The van der Waals surface area contributed by atoms with Crippen molar-refractivity contribution in [2.75, 3.05) is 24.0 Å². The topological polar surface area (TPSA) is 171 Å². The van der Waals surface area contributed by atoms with E-state index in [1.807, 2.05) is 26.4 Å². The average Bonchev–Trinajstić information content (AvgIpc) is 2.87. The fourth-order valence-corrected chi connectivity index (χ4v) is 4.41. The van der Waals surface area contributed by atoms with Gasteiger partial charge in [-0.25, -0.2) is 4.79 Å². The number of carboxylic acid groups (broad SMARTS) is 1. The number of amides is 3. The zero-order valence-electron chi connectivity index (χ0n) is 21.9. The van der Waals surface area contributed by atoms with Gasteiger partial charge in [-0.1, -0.05) is 32.4 Å². The van der Waals surface area contributed by atoms with E-state index in [0.717, 1.165) is 0 Å². The van der Waals surface area contributed by atoms with Crippen LogP contribution in [-0.4, -0.2) is 82.1 Å². The molecule has 0 heterocycles. The van der Waals surface area contributed by atoms with Crippen LogP contribution in [0.3, 0.4) is 0 Å². The first-order valence-corrected chi connectivity index (χ1v) is 15.0. The van der Waals surface area contributed by atoms with Gasteiger partial charge in [0.2, 0.25) is 17.7 Å². The Morgan fingerprint density at radius 3 is 2.00 bits per heavy atom. The number of nitrogens with two attached hydrogens (primary N) is 1. The number of carbonyl (C=O) groups excluding carboxylic acids is 3. The number of carbonyl (C=O) groups is 4. The van der Waals surface area contributed by atoms with Crippen molar-refractivity contribution in [2.45, 2.75) is 63.7 Å². The Morgan fingerprint density at radius 2 is 1.46 bits per heavy atom. The molecular formula is C25H40N4O6S2. The Morgan fingerprint density at radius 1 is 0.892 bits per heavy atom. The third-order valence-electron chi connectivity index (χ3n) is 6.00. The van der Waals surface area contributed by atoms with E-state index in [1.165, 1.54) is 23.9 Å². The Kier molecular flexibility index (Phi) is 15.1. The van der Waals surface area contributed by atoms with Crippen LogP contribution in [0, 0.1) is 5.92 Å². The Labute approximate surface area is 227 Å². The van der Waals surface area contributed by atoms with Crippen molar-refractivity contribution in [3.05, 3.63) is 29.8 Å². The van der Waals surface area contributed by atoms with Gasteiger partial charge in [-0.15, -0.1) is 0 Å². The van der Waals surface area contributed by atoms with Gasteiger partial charge in [0.05, 0.1) is 6.04 Å². The van der Waals surface area contributed by atoms with E-state index in [-0.39, 0.29) is 24.5 Å². The summed E-state index contributed by atoms with van der Waals surface area (Å²) in [5.74, 6) is -1.71. The summed E-state index contributed by atoms with van der Waals surface area (Å²) in [5, 5.41) is 27.1. The number of benzene rings is 1. The third-order valence-corrected chi connectivity index (χ3v) is 7.29. The van der Waals surface area contributed by atoms with Crippen LogP contribution >= 0.6 is 23.5 Å². The number of hydrogen-bond acceptors (Lipinski definition) is 8. The van der Waals surface area contributed by atoms with Gasteiger partial charge < -0.3 is 31.9 Å². The van der Waals surface area contributed by atoms with Crippen LogP contribution in [0.5, 0.6) is 5.75 Å². The predicted molar refractivity (Wildman–Crippen MR) is 149 cm³/mol. The average molecular weight is 557 g/mol. The standard InChI is InChI=1S/C25H40N4O6S2/c1-5-15(2)21(29-22(31)18(26)10-12-36-3)24(33)27-19(11-13-37-4)23(32)28-20(25(34)35)14-16-6-8-17(30)9-7-16/h6-9,15,18-21,30H,5,10-14,26H2,1-4H3,(H,27,33)(H,28,32)(H,29,31)(H,34,35). The fourth-order valence-electron chi connectivity index (χ4n) is 3.44. The van der Waals surface area contributed by atoms with Gasteiger partial charge in [0.15, 0.2) is 0 Å². The van der Waals surface area contributed by atoms with Gasteiger partial charge in [-0.2, -0.15) is 23.5 Å². The van der Waals surface area contributed by atoms with Gasteiger partial charge in [-0.05, 0) is 60.5 Å². The third kappa shape index (κ3) is 11.7. The molecule has 0 spiro atoms. The molecule has 10 nitrogen and oxygen atoms in total. The molecule has 1 aromatic rings. The molecule has 0 aromatic heterocycles. The summed E-state index contributed by atoms with van der Waals surface area (Å²) in [6.07, 6.45) is 5.13. The van der Waals surface area contributed by atoms with E-state index in [4.69, 9.17) is 5.73 Å². The zero-order valence-corrected chi connectivity index (χ0v) is 23.5. The lowest BCUT2D eigenvalue weighted by atomic mass is 9.97. The predicted octanol–water partition coefficient (Wildman–Crippen LogP) is 1.35. The van der Waals surface area contributed by atoms with Crippen LogP contribution < -0.4 is 21.7 Å². The second kappa shape index (κ2) is 17.1. The lowest BCUT2D eigenvalue weighted by Gasteiger charge is -2.28. The number of nitrogens with one attached hydrogen (secondary N) is 3. The second-order valence-corrected chi connectivity index (χ2v) is 10.8. The van der Waals surface area contributed by atoms with Crippen LogP contribution in [0.1, 0.15) is 38.7 Å². The minimum Gasteiger partial charge on any atom is -0.508 e. The molecule has 0 radical (unpaired) electrons. The Hall–Kier alpha value is -2.44. The second-order valence-electron chi connectivity index (χ2n) is 8.87. The molecule has 0 bridgehead atoms. The maximum atomic E-state index is 13.2. The van der Waals surface area contributed by atoms with Gasteiger partial charge in [-0.3, -0.25) is 14.4 Å². The Bertz CT molecular complexity index is 886. The van der Waals surface area contributed by atoms with Crippen LogP contribution in [0.4, 0.5) is 0 Å². The summed E-state index contributed by atoms with van der Waals surface area (Å²) in [4.78, 5) is 50.8. The van der Waals surface area contributed by atoms with Crippen LogP contribution in [0.15, 0.2) is 24.3 Å². The van der Waals surface area contributed by atoms with Crippen LogP contribution in [-0.2, 0) is 25.6 Å². The SMILES string of the molecule is CCC(C)C(NC(=O)C(N)CCSC)C(=O)NC(CCSC)C(=O)NC(Cc1ccc(O)cc1)C(=O)O. The molecule has 12 heteroatoms. The first-order chi connectivity index (χ1) is 17.5. The quantitative estimate of drug-likeness (QED) is 0.166. The van der Waals surface area contributed by atoms with E-state index < -0.39 is 47.9 Å². The molecule has 0 aliphatic carbocycles. The number of rotatable bonds is 17. The van der Waals surface area contributed by atoms with Gasteiger partial charge in [0, 0.05) is 6.42 Å². The smallest absolute Gasteiger partial charge is 0.326 e. The molecule has 0 saturated heterocycles. The highest BCUT2D eigenvalue weighted by Crippen LogP contribution is 2.13. The first-order valence-electron chi connectivity index (χ1n) is 12.2. The van der Waals surface area contributed by atoms with Crippen molar-refractivity contribution in [3.63, 3.8) is 0 Å². The van der Waals surface area contributed by atoms with Gasteiger partial charge in [0.25, 0.3) is 0 Å². The van der Waals surface area contributed by atoms with Crippen molar-refractivity contribution in [1.29, 1.82) is 0 Å². The maximum absolute atomic E-state index is 13.2. The molecule has 37 heavy (non-hydrogen) atoms. The molecule has 3 amide bonds. The van der Waals surface area contributed by atoms with Crippen LogP contribution in [0.25, 0.3) is 0 Å². The molecule has 5 unspecified atom stereocenters. The van der Waals surface area contributed by atoms with E-state index in [0.29, 0.717) is 29.9 Å². The summed E-state index contributed by atoms with van der Waals surface area (Å²) < 4.78 is 0. The summed E-state index contributed by atoms with van der Waals surface area (Å²) in [6.45, 7) is 3.72. The van der Waals surface area contributed by atoms with Gasteiger partial charge >= 0.3 is 5.97 Å². The fraction of sp³-hybridized carbons (Fsp3) is 0.600. The number of aromatic hydroxyl groups is 1. The van der Waals surface area contributed by atoms with Crippen molar-refractivity contribution in [1.82, 2.24) is 16.0 Å². The van der Waals surface area contributed by atoms with Crippen molar-refractivity contribution < 1.29 is 29.4 Å². The number of thioether (sulfide) groups is 2. The van der Waals surface area contributed by atoms with Crippen molar-refractivity contribution in [2.24, 2.45) is 11.7 Å². The molecule has 208 valence electrons. The highest BCUT2D eigenvalue weighted by molar-refractivity contribution is 7.98. The number of hydrogen-bond donors (Lipinski definition) is 6. The normalized spacial score (nSPS) is 15.1. The first kappa shape index (κ1) is 32.6. The zero-order chi connectivity index (χ0) is 28.0. The monoisotopic (exact) mass is 556 g/mol. The van der Waals surface area contributed by atoms with E-state index in [9.17, 15) is 29.4 Å². The summed E-state index contributed by atoms with van der Waals surface area (Å²) in [7, 11) is 0. The molecule has 0 aliphatic rings. The molecule has 0 fully saturated rings. The lowest BCUT2D eigenvalue weighted by molar-refractivity contribution is -0.142. The van der Waals surface area contributed by atoms with Gasteiger partial charge in [0.1, 0.15) is 23.9 Å². The summed E-state index contributed by atoms with van der Waals surface area (Å²) >= 11 is 3.06. The molecule has 0 saturated carbocycles. The van der Waals surface area contributed by atoms with E-state index in [2.05, 4.69) is 16.0 Å².